The molecule has 0 fully saturated rings. The Hall–Kier alpha value is -1.67. The maximum absolute atomic E-state index is 5.85. The van der Waals surface area contributed by atoms with Gasteiger partial charge >= 0.3 is 0 Å². The largest absolute Gasteiger partial charge is 0.497 e. The predicted molar refractivity (Wildman–Crippen MR) is 69.1 cm³/mol. The lowest BCUT2D eigenvalue weighted by atomic mass is 10.2. The molecule has 2 aromatic carbocycles. The molecule has 0 saturated carbocycles. The zero-order chi connectivity index (χ0) is 12.1. The molecule has 0 aliphatic rings. The lowest BCUT2D eigenvalue weighted by molar-refractivity contribution is 0.412. The highest BCUT2D eigenvalue weighted by molar-refractivity contribution is 6.17. The molecule has 0 unspecified atom stereocenters. The molecular weight excluding hydrogens is 236 g/mol. The zero-order valence-electron chi connectivity index (χ0n) is 9.52. The minimum absolute atomic E-state index is 0.437. The molecule has 3 heteroatoms. The van der Waals surface area contributed by atoms with E-state index >= 15 is 0 Å². The van der Waals surface area contributed by atoms with E-state index in [1.807, 2.05) is 48.5 Å². The van der Waals surface area contributed by atoms with Gasteiger partial charge in [0.2, 0.25) is 0 Å². The summed E-state index contributed by atoms with van der Waals surface area (Å²) in [6, 6.07) is 15.2. The molecule has 0 aromatic heterocycles. The van der Waals surface area contributed by atoms with Crippen LogP contribution >= 0.6 is 11.6 Å². The highest BCUT2D eigenvalue weighted by atomic mass is 35.5. The molecule has 0 heterocycles. The van der Waals surface area contributed by atoms with E-state index in [1.165, 1.54) is 0 Å². The van der Waals surface area contributed by atoms with Crippen LogP contribution in [0.1, 0.15) is 5.56 Å². The highest BCUT2D eigenvalue weighted by Crippen LogP contribution is 2.27. The predicted octanol–water partition coefficient (Wildman–Crippen LogP) is 4.23. The van der Waals surface area contributed by atoms with Crippen LogP contribution in [0.3, 0.4) is 0 Å². The second-order valence-corrected chi connectivity index (χ2v) is 3.79. The molecule has 0 amide bonds. The van der Waals surface area contributed by atoms with Crippen molar-refractivity contribution < 1.29 is 9.47 Å². The van der Waals surface area contributed by atoms with Crippen LogP contribution in [0.4, 0.5) is 0 Å². The summed E-state index contributed by atoms with van der Waals surface area (Å²) >= 11 is 5.85. The van der Waals surface area contributed by atoms with E-state index in [2.05, 4.69) is 0 Å². The number of hydrogen-bond donors (Lipinski definition) is 0. The smallest absolute Gasteiger partial charge is 0.131 e. The number of rotatable bonds is 4. The third kappa shape index (κ3) is 2.92. The average Bonchev–Trinajstić information content (AvgIpc) is 2.40. The third-order valence-electron chi connectivity index (χ3n) is 2.40. The first-order valence-corrected chi connectivity index (χ1v) is 5.82. The Kier molecular flexibility index (Phi) is 3.89. The van der Waals surface area contributed by atoms with Crippen LogP contribution in [0.5, 0.6) is 17.2 Å². The minimum atomic E-state index is 0.437. The van der Waals surface area contributed by atoms with Crippen molar-refractivity contribution in [1.29, 1.82) is 0 Å². The quantitative estimate of drug-likeness (QED) is 0.754. The Morgan fingerprint density at radius 1 is 0.941 bits per heavy atom. The fourth-order valence-electron chi connectivity index (χ4n) is 1.48. The molecule has 2 rings (SSSR count). The van der Waals surface area contributed by atoms with Crippen molar-refractivity contribution in [2.24, 2.45) is 0 Å². The van der Waals surface area contributed by atoms with Crippen LogP contribution in [0.15, 0.2) is 48.5 Å². The zero-order valence-corrected chi connectivity index (χ0v) is 10.3. The summed E-state index contributed by atoms with van der Waals surface area (Å²) in [5, 5.41) is 0. The summed E-state index contributed by atoms with van der Waals surface area (Å²) < 4.78 is 10.8. The number of ether oxygens (including phenoxy) is 2. The normalized spacial score (nSPS) is 10.0. The Morgan fingerprint density at radius 2 is 1.59 bits per heavy atom. The molecule has 0 N–H and O–H groups in total. The Labute approximate surface area is 106 Å². The molecule has 2 aromatic rings. The van der Waals surface area contributed by atoms with Crippen LogP contribution in [0, 0.1) is 0 Å². The van der Waals surface area contributed by atoms with E-state index < -0.39 is 0 Å². The van der Waals surface area contributed by atoms with E-state index in [0.29, 0.717) is 5.88 Å². The van der Waals surface area contributed by atoms with Gasteiger partial charge in [-0.15, -0.1) is 11.6 Å². The van der Waals surface area contributed by atoms with Crippen molar-refractivity contribution in [3.63, 3.8) is 0 Å². The van der Waals surface area contributed by atoms with E-state index in [9.17, 15) is 0 Å². The standard InChI is InChI=1S/C14H13ClO2/c1-16-12-6-8-13(9-7-12)17-14-5-3-2-4-11(14)10-15/h2-9H,10H2,1H3. The number of hydrogen-bond acceptors (Lipinski definition) is 2. The summed E-state index contributed by atoms with van der Waals surface area (Å²) in [4.78, 5) is 0. The van der Waals surface area contributed by atoms with Gasteiger partial charge in [0.05, 0.1) is 13.0 Å². The van der Waals surface area contributed by atoms with Crippen LogP contribution in [-0.4, -0.2) is 7.11 Å². The minimum Gasteiger partial charge on any atom is -0.497 e. The second-order valence-electron chi connectivity index (χ2n) is 3.52. The number of methoxy groups -OCH3 is 1. The maximum atomic E-state index is 5.85. The maximum Gasteiger partial charge on any atom is 0.131 e. The van der Waals surface area contributed by atoms with Crippen LogP contribution in [0.2, 0.25) is 0 Å². The summed E-state index contributed by atoms with van der Waals surface area (Å²) in [5.74, 6) is 2.80. The number of benzene rings is 2. The molecule has 0 atom stereocenters. The van der Waals surface area contributed by atoms with E-state index in [0.717, 1.165) is 22.8 Å². The Bertz CT molecular complexity index is 480. The number of alkyl halides is 1. The van der Waals surface area contributed by atoms with Crippen molar-refractivity contribution >= 4 is 11.6 Å². The first-order valence-electron chi connectivity index (χ1n) is 5.29. The van der Waals surface area contributed by atoms with Gasteiger partial charge in [0.25, 0.3) is 0 Å². The molecule has 88 valence electrons. The van der Waals surface area contributed by atoms with Gasteiger partial charge in [-0.3, -0.25) is 0 Å². The summed E-state index contributed by atoms with van der Waals surface area (Å²) in [5.41, 5.74) is 0.977. The van der Waals surface area contributed by atoms with Crippen molar-refractivity contribution in [1.82, 2.24) is 0 Å². The van der Waals surface area contributed by atoms with Crippen LogP contribution in [-0.2, 0) is 5.88 Å². The monoisotopic (exact) mass is 248 g/mol. The van der Waals surface area contributed by atoms with Gasteiger partial charge in [0, 0.05) is 5.56 Å². The SMILES string of the molecule is COc1ccc(Oc2ccccc2CCl)cc1. The van der Waals surface area contributed by atoms with Crippen LogP contribution < -0.4 is 9.47 Å². The molecule has 0 spiro atoms. The third-order valence-corrected chi connectivity index (χ3v) is 2.69. The lowest BCUT2D eigenvalue weighted by Crippen LogP contribution is -1.89. The van der Waals surface area contributed by atoms with E-state index in [1.54, 1.807) is 7.11 Å². The lowest BCUT2D eigenvalue weighted by Gasteiger charge is -2.09. The van der Waals surface area contributed by atoms with Crippen molar-refractivity contribution in [3.8, 4) is 17.2 Å². The van der Waals surface area contributed by atoms with Gasteiger partial charge in [-0.05, 0) is 30.3 Å². The van der Waals surface area contributed by atoms with Crippen molar-refractivity contribution in [2.45, 2.75) is 5.88 Å². The average molecular weight is 249 g/mol. The highest BCUT2D eigenvalue weighted by Gasteiger charge is 2.03. The summed E-state index contributed by atoms with van der Waals surface area (Å²) in [6.45, 7) is 0. The molecular formula is C14H13ClO2. The van der Waals surface area contributed by atoms with Crippen molar-refractivity contribution in [3.05, 3.63) is 54.1 Å². The fraction of sp³-hybridized carbons (Fsp3) is 0.143. The van der Waals surface area contributed by atoms with Crippen LogP contribution in [0.25, 0.3) is 0 Å². The molecule has 0 aliphatic heterocycles. The molecule has 17 heavy (non-hydrogen) atoms. The van der Waals surface area contributed by atoms with Gasteiger partial charge < -0.3 is 9.47 Å². The molecule has 0 radical (unpaired) electrons. The number of para-hydroxylation sites is 1. The van der Waals surface area contributed by atoms with Crippen molar-refractivity contribution in [2.75, 3.05) is 7.11 Å². The van der Waals surface area contributed by atoms with Gasteiger partial charge in [0.15, 0.2) is 0 Å². The molecule has 0 bridgehead atoms. The first-order chi connectivity index (χ1) is 8.33. The van der Waals surface area contributed by atoms with E-state index in [-0.39, 0.29) is 0 Å². The Balaban J connectivity index is 2.19. The van der Waals surface area contributed by atoms with Gasteiger partial charge in [-0.1, -0.05) is 18.2 Å². The van der Waals surface area contributed by atoms with Gasteiger partial charge in [-0.2, -0.15) is 0 Å². The topological polar surface area (TPSA) is 18.5 Å². The van der Waals surface area contributed by atoms with E-state index in [4.69, 9.17) is 21.1 Å². The molecule has 0 aliphatic carbocycles. The van der Waals surface area contributed by atoms with Gasteiger partial charge in [0.1, 0.15) is 17.2 Å². The van der Waals surface area contributed by atoms with Gasteiger partial charge in [-0.25, -0.2) is 0 Å². The molecule has 0 saturated heterocycles. The fourth-order valence-corrected chi connectivity index (χ4v) is 1.71. The number of halogens is 1. The summed E-state index contributed by atoms with van der Waals surface area (Å²) in [7, 11) is 1.64. The molecule has 2 nitrogen and oxygen atoms in total. The summed E-state index contributed by atoms with van der Waals surface area (Å²) in [6.07, 6.45) is 0. The Morgan fingerprint density at radius 3 is 2.24 bits per heavy atom. The second kappa shape index (κ2) is 5.60. The first kappa shape index (κ1) is 11.8.